The molecule has 1 aliphatic rings. The van der Waals surface area contributed by atoms with Gasteiger partial charge >= 0.3 is 0 Å². The SMILES string of the molecule is C=CCC(C)C(C)NCC1CCCN(C)C1. The van der Waals surface area contributed by atoms with Crippen LogP contribution in [-0.4, -0.2) is 37.6 Å². The molecule has 1 aliphatic heterocycles. The fraction of sp³-hybridized carbons (Fsp3) is 0.857. The van der Waals surface area contributed by atoms with E-state index in [1.54, 1.807) is 0 Å². The van der Waals surface area contributed by atoms with Crippen LogP contribution >= 0.6 is 0 Å². The van der Waals surface area contributed by atoms with Gasteiger partial charge < -0.3 is 10.2 Å². The number of allylic oxidation sites excluding steroid dienone is 1. The number of nitrogens with one attached hydrogen (secondary N) is 1. The molecule has 1 fully saturated rings. The van der Waals surface area contributed by atoms with Gasteiger partial charge in [0.25, 0.3) is 0 Å². The maximum Gasteiger partial charge on any atom is 0.00674 e. The summed E-state index contributed by atoms with van der Waals surface area (Å²) in [7, 11) is 2.23. The van der Waals surface area contributed by atoms with Crippen LogP contribution in [0.3, 0.4) is 0 Å². The molecule has 0 aliphatic carbocycles. The van der Waals surface area contributed by atoms with Crippen LogP contribution in [0.2, 0.25) is 0 Å². The predicted molar refractivity (Wildman–Crippen MR) is 71.7 cm³/mol. The Hall–Kier alpha value is -0.340. The molecule has 0 saturated carbocycles. The van der Waals surface area contributed by atoms with E-state index in [0.717, 1.165) is 12.3 Å². The zero-order chi connectivity index (χ0) is 12.0. The lowest BCUT2D eigenvalue weighted by Gasteiger charge is -2.31. The highest BCUT2D eigenvalue weighted by atomic mass is 15.1. The average Bonchev–Trinajstić information content (AvgIpc) is 2.26. The van der Waals surface area contributed by atoms with Crippen molar-refractivity contribution in [2.24, 2.45) is 11.8 Å². The molecule has 16 heavy (non-hydrogen) atoms. The highest BCUT2D eigenvalue weighted by Crippen LogP contribution is 2.15. The number of nitrogens with zero attached hydrogens (tertiary/aromatic N) is 1. The summed E-state index contributed by atoms with van der Waals surface area (Å²) in [5, 5.41) is 3.68. The average molecular weight is 224 g/mol. The first-order valence-corrected chi connectivity index (χ1v) is 6.66. The van der Waals surface area contributed by atoms with E-state index in [0.29, 0.717) is 12.0 Å². The summed E-state index contributed by atoms with van der Waals surface area (Å²) in [5.74, 6) is 1.54. The Morgan fingerprint density at radius 3 is 2.88 bits per heavy atom. The van der Waals surface area contributed by atoms with Crippen molar-refractivity contribution in [2.75, 3.05) is 26.7 Å². The number of rotatable bonds is 6. The molecule has 1 heterocycles. The van der Waals surface area contributed by atoms with Gasteiger partial charge in [0.1, 0.15) is 0 Å². The van der Waals surface area contributed by atoms with E-state index in [4.69, 9.17) is 0 Å². The molecule has 1 N–H and O–H groups in total. The van der Waals surface area contributed by atoms with Crippen LogP contribution in [0.5, 0.6) is 0 Å². The van der Waals surface area contributed by atoms with Gasteiger partial charge in [-0.1, -0.05) is 13.0 Å². The molecule has 0 radical (unpaired) electrons. The zero-order valence-corrected chi connectivity index (χ0v) is 11.2. The Balaban J connectivity index is 2.20. The van der Waals surface area contributed by atoms with Crippen molar-refractivity contribution in [2.45, 2.75) is 39.2 Å². The maximum atomic E-state index is 3.81. The van der Waals surface area contributed by atoms with Crippen LogP contribution < -0.4 is 5.32 Å². The molecule has 0 amide bonds. The molecule has 0 spiro atoms. The lowest BCUT2D eigenvalue weighted by molar-refractivity contribution is 0.199. The lowest BCUT2D eigenvalue weighted by Crippen LogP contribution is -2.41. The molecule has 2 nitrogen and oxygen atoms in total. The van der Waals surface area contributed by atoms with Gasteiger partial charge in [0.2, 0.25) is 0 Å². The van der Waals surface area contributed by atoms with Gasteiger partial charge in [-0.2, -0.15) is 0 Å². The minimum atomic E-state index is 0.602. The van der Waals surface area contributed by atoms with Crippen molar-refractivity contribution in [3.63, 3.8) is 0 Å². The van der Waals surface area contributed by atoms with E-state index in [2.05, 4.69) is 37.7 Å². The van der Waals surface area contributed by atoms with Crippen LogP contribution in [0.4, 0.5) is 0 Å². The number of piperidine rings is 1. The van der Waals surface area contributed by atoms with Gasteiger partial charge in [-0.15, -0.1) is 6.58 Å². The number of likely N-dealkylation sites (tertiary alicyclic amines) is 1. The Bertz CT molecular complexity index is 203. The third-order valence-corrected chi connectivity index (χ3v) is 3.84. The topological polar surface area (TPSA) is 15.3 Å². The minimum Gasteiger partial charge on any atom is -0.314 e. The van der Waals surface area contributed by atoms with Gasteiger partial charge in [0.15, 0.2) is 0 Å². The zero-order valence-electron chi connectivity index (χ0n) is 11.2. The van der Waals surface area contributed by atoms with Crippen molar-refractivity contribution in [3.8, 4) is 0 Å². The van der Waals surface area contributed by atoms with E-state index in [1.807, 2.05) is 6.08 Å². The first-order chi connectivity index (χ1) is 7.63. The second-order valence-electron chi connectivity index (χ2n) is 5.47. The van der Waals surface area contributed by atoms with E-state index in [9.17, 15) is 0 Å². The summed E-state index contributed by atoms with van der Waals surface area (Å²) in [6.07, 6.45) is 5.88. The van der Waals surface area contributed by atoms with E-state index in [1.165, 1.54) is 32.5 Å². The molecule has 2 heteroatoms. The number of hydrogen-bond donors (Lipinski definition) is 1. The normalized spacial score (nSPS) is 26.3. The van der Waals surface area contributed by atoms with Crippen LogP contribution in [0.25, 0.3) is 0 Å². The molecule has 3 atom stereocenters. The van der Waals surface area contributed by atoms with Gasteiger partial charge in [-0.05, 0) is 58.2 Å². The highest BCUT2D eigenvalue weighted by Gasteiger charge is 2.18. The third-order valence-electron chi connectivity index (χ3n) is 3.84. The molecule has 94 valence electrons. The van der Waals surface area contributed by atoms with Crippen molar-refractivity contribution >= 4 is 0 Å². The van der Waals surface area contributed by atoms with Gasteiger partial charge in [-0.25, -0.2) is 0 Å². The molecule has 3 unspecified atom stereocenters. The van der Waals surface area contributed by atoms with E-state index in [-0.39, 0.29) is 0 Å². The molecule has 0 bridgehead atoms. The molecule has 0 aromatic rings. The van der Waals surface area contributed by atoms with Crippen molar-refractivity contribution in [3.05, 3.63) is 12.7 Å². The summed E-state index contributed by atoms with van der Waals surface area (Å²) in [6.45, 7) is 12.1. The highest BCUT2D eigenvalue weighted by molar-refractivity contribution is 4.79. The summed E-state index contributed by atoms with van der Waals surface area (Å²) in [4.78, 5) is 2.45. The largest absolute Gasteiger partial charge is 0.314 e. The molecular formula is C14H28N2. The second-order valence-corrected chi connectivity index (χ2v) is 5.47. The van der Waals surface area contributed by atoms with Crippen molar-refractivity contribution < 1.29 is 0 Å². The van der Waals surface area contributed by atoms with Crippen molar-refractivity contribution in [1.29, 1.82) is 0 Å². The maximum absolute atomic E-state index is 3.81. The Morgan fingerprint density at radius 2 is 2.25 bits per heavy atom. The van der Waals surface area contributed by atoms with Gasteiger partial charge in [0.05, 0.1) is 0 Å². The van der Waals surface area contributed by atoms with E-state index >= 15 is 0 Å². The molecule has 1 rings (SSSR count). The molecular weight excluding hydrogens is 196 g/mol. The molecule has 1 saturated heterocycles. The monoisotopic (exact) mass is 224 g/mol. The summed E-state index contributed by atoms with van der Waals surface area (Å²) >= 11 is 0. The van der Waals surface area contributed by atoms with Gasteiger partial charge in [0, 0.05) is 12.6 Å². The fourth-order valence-corrected chi connectivity index (χ4v) is 2.46. The van der Waals surface area contributed by atoms with Crippen LogP contribution in [-0.2, 0) is 0 Å². The fourth-order valence-electron chi connectivity index (χ4n) is 2.46. The quantitative estimate of drug-likeness (QED) is 0.697. The Kier molecular flexibility index (Phi) is 6.07. The third kappa shape index (κ3) is 4.67. The second kappa shape index (κ2) is 7.08. The lowest BCUT2D eigenvalue weighted by atomic mass is 9.96. The number of hydrogen-bond acceptors (Lipinski definition) is 2. The summed E-state index contributed by atoms with van der Waals surface area (Å²) < 4.78 is 0. The van der Waals surface area contributed by atoms with Crippen LogP contribution in [0, 0.1) is 11.8 Å². The van der Waals surface area contributed by atoms with Crippen LogP contribution in [0.1, 0.15) is 33.1 Å². The first kappa shape index (κ1) is 13.7. The summed E-state index contributed by atoms with van der Waals surface area (Å²) in [5.41, 5.74) is 0. The van der Waals surface area contributed by atoms with Crippen molar-refractivity contribution in [1.82, 2.24) is 10.2 Å². The minimum absolute atomic E-state index is 0.602. The van der Waals surface area contributed by atoms with E-state index < -0.39 is 0 Å². The van der Waals surface area contributed by atoms with Gasteiger partial charge in [-0.3, -0.25) is 0 Å². The Labute approximate surface area is 101 Å². The Morgan fingerprint density at radius 1 is 1.50 bits per heavy atom. The molecule has 0 aromatic carbocycles. The first-order valence-electron chi connectivity index (χ1n) is 6.66. The predicted octanol–water partition coefficient (Wildman–Crippen LogP) is 2.52. The summed E-state index contributed by atoms with van der Waals surface area (Å²) in [6, 6.07) is 0.602. The molecule has 0 aromatic heterocycles. The van der Waals surface area contributed by atoms with Crippen LogP contribution in [0.15, 0.2) is 12.7 Å². The smallest absolute Gasteiger partial charge is 0.00674 e. The standard InChI is InChI=1S/C14H28N2/c1-5-7-12(2)13(3)15-10-14-8-6-9-16(4)11-14/h5,12-15H,1,6-11H2,2-4H3.